The second kappa shape index (κ2) is 6.34. The van der Waals surface area contributed by atoms with Gasteiger partial charge in [0.1, 0.15) is 5.54 Å². The maximum Gasteiger partial charge on any atom is 0.240 e. The molecular formula is C14H15Cl2N3O. The van der Waals surface area contributed by atoms with Gasteiger partial charge in [-0.05, 0) is 43.9 Å². The van der Waals surface area contributed by atoms with Crippen LogP contribution < -0.4 is 10.6 Å². The molecule has 0 unspecified atom stereocenters. The molecule has 1 fully saturated rings. The van der Waals surface area contributed by atoms with E-state index in [9.17, 15) is 10.1 Å². The lowest BCUT2D eigenvalue weighted by Crippen LogP contribution is -2.47. The molecule has 0 aliphatic heterocycles. The molecule has 2 rings (SSSR count). The maximum atomic E-state index is 11.9. The molecule has 0 atom stereocenters. The number of nitrogens with zero attached hydrogens (tertiary/aromatic N) is 1. The largest absolute Gasteiger partial charge is 0.376 e. The van der Waals surface area contributed by atoms with Crippen LogP contribution in [0.15, 0.2) is 18.2 Å². The van der Waals surface area contributed by atoms with Crippen LogP contribution in [0.2, 0.25) is 10.0 Å². The Morgan fingerprint density at radius 3 is 2.60 bits per heavy atom. The van der Waals surface area contributed by atoms with Crippen molar-refractivity contribution in [3.63, 3.8) is 0 Å². The van der Waals surface area contributed by atoms with Crippen LogP contribution in [-0.4, -0.2) is 18.0 Å². The van der Waals surface area contributed by atoms with Crippen LogP contribution in [0.5, 0.6) is 0 Å². The summed E-state index contributed by atoms with van der Waals surface area (Å²) >= 11 is 11.7. The molecule has 2 N–H and O–H groups in total. The summed E-state index contributed by atoms with van der Waals surface area (Å²) in [7, 11) is 0. The van der Waals surface area contributed by atoms with Crippen LogP contribution in [0.1, 0.15) is 25.7 Å². The SMILES string of the molecule is N#CC1(NC(=O)CNc2ccc(Cl)c(Cl)c2)CCCC1. The lowest BCUT2D eigenvalue weighted by atomic mass is 10.00. The average Bonchev–Trinajstić information content (AvgIpc) is 2.89. The van der Waals surface area contributed by atoms with Crippen LogP contribution in [0, 0.1) is 11.3 Å². The van der Waals surface area contributed by atoms with E-state index in [1.54, 1.807) is 18.2 Å². The first-order valence-electron chi connectivity index (χ1n) is 6.46. The van der Waals surface area contributed by atoms with E-state index < -0.39 is 5.54 Å². The Kier molecular flexibility index (Phi) is 4.74. The lowest BCUT2D eigenvalue weighted by molar-refractivity contribution is -0.120. The van der Waals surface area contributed by atoms with E-state index in [4.69, 9.17) is 23.2 Å². The van der Waals surface area contributed by atoms with Gasteiger partial charge in [-0.2, -0.15) is 5.26 Å². The number of carbonyl (C=O) groups is 1. The highest BCUT2D eigenvalue weighted by atomic mass is 35.5. The Bertz CT molecular complexity index is 548. The van der Waals surface area contributed by atoms with Crippen molar-refractivity contribution in [2.24, 2.45) is 0 Å². The van der Waals surface area contributed by atoms with Crippen LogP contribution in [0.25, 0.3) is 0 Å². The summed E-state index contributed by atoms with van der Waals surface area (Å²) in [6, 6.07) is 7.30. The highest BCUT2D eigenvalue weighted by Crippen LogP contribution is 2.29. The Morgan fingerprint density at radius 1 is 1.30 bits per heavy atom. The minimum Gasteiger partial charge on any atom is -0.376 e. The number of nitriles is 1. The molecule has 106 valence electrons. The third kappa shape index (κ3) is 3.56. The van der Waals surface area contributed by atoms with Crippen LogP contribution in [-0.2, 0) is 4.79 Å². The quantitative estimate of drug-likeness (QED) is 0.896. The summed E-state index contributed by atoms with van der Waals surface area (Å²) in [6.07, 6.45) is 3.41. The first-order valence-corrected chi connectivity index (χ1v) is 7.21. The molecule has 1 saturated carbocycles. The van der Waals surface area contributed by atoms with E-state index in [2.05, 4.69) is 16.7 Å². The van der Waals surface area contributed by atoms with Gasteiger partial charge in [0.15, 0.2) is 0 Å². The summed E-state index contributed by atoms with van der Waals surface area (Å²) in [4.78, 5) is 11.9. The van der Waals surface area contributed by atoms with Gasteiger partial charge in [0.2, 0.25) is 5.91 Å². The van der Waals surface area contributed by atoms with Gasteiger partial charge in [-0.15, -0.1) is 0 Å². The van der Waals surface area contributed by atoms with Gasteiger partial charge in [0.25, 0.3) is 0 Å². The fourth-order valence-corrected chi connectivity index (χ4v) is 2.64. The summed E-state index contributed by atoms with van der Waals surface area (Å²) < 4.78 is 0. The van der Waals surface area contributed by atoms with Gasteiger partial charge in [0.05, 0.1) is 22.7 Å². The molecule has 1 aliphatic rings. The van der Waals surface area contributed by atoms with Crippen LogP contribution in [0.4, 0.5) is 5.69 Å². The van der Waals surface area contributed by atoms with Gasteiger partial charge in [-0.25, -0.2) is 0 Å². The van der Waals surface area contributed by atoms with Gasteiger partial charge >= 0.3 is 0 Å². The Hall–Kier alpha value is -1.44. The molecule has 1 aromatic rings. The van der Waals surface area contributed by atoms with Gasteiger partial charge in [0, 0.05) is 5.69 Å². The average molecular weight is 312 g/mol. The van der Waals surface area contributed by atoms with Gasteiger partial charge in [-0.3, -0.25) is 4.79 Å². The zero-order valence-corrected chi connectivity index (χ0v) is 12.4. The molecule has 0 aromatic heterocycles. The Balaban J connectivity index is 1.89. The number of rotatable bonds is 4. The van der Waals surface area contributed by atoms with Crippen molar-refractivity contribution in [1.29, 1.82) is 5.26 Å². The third-order valence-electron chi connectivity index (χ3n) is 3.42. The van der Waals surface area contributed by atoms with E-state index >= 15 is 0 Å². The van der Waals surface area contributed by atoms with Crippen molar-refractivity contribution in [2.45, 2.75) is 31.2 Å². The number of hydrogen-bond acceptors (Lipinski definition) is 3. The number of benzene rings is 1. The van der Waals surface area contributed by atoms with Crippen molar-refractivity contribution >= 4 is 34.8 Å². The number of halogens is 2. The fraction of sp³-hybridized carbons (Fsp3) is 0.429. The first kappa shape index (κ1) is 15.0. The molecule has 1 amide bonds. The molecule has 0 saturated heterocycles. The van der Waals surface area contributed by atoms with E-state index in [1.165, 1.54) is 0 Å². The molecule has 0 heterocycles. The monoisotopic (exact) mass is 311 g/mol. The maximum absolute atomic E-state index is 11.9. The molecule has 20 heavy (non-hydrogen) atoms. The topological polar surface area (TPSA) is 64.9 Å². The van der Waals surface area contributed by atoms with E-state index in [-0.39, 0.29) is 12.5 Å². The molecular weight excluding hydrogens is 297 g/mol. The van der Waals surface area contributed by atoms with E-state index in [1.807, 2.05) is 0 Å². The predicted molar refractivity (Wildman–Crippen MR) is 79.9 cm³/mol. The highest BCUT2D eigenvalue weighted by Gasteiger charge is 2.35. The van der Waals surface area contributed by atoms with Crippen molar-refractivity contribution in [3.05, 3.63) is 28.2 Å². The van der Waals surface area contributed by atoms with Gasteiger partial charge < -0.3 is 10.6 Å². The number of carbonyl (C=O) groups excluding carboxylic acids is 1. The standard InChI is InChI=1S/C14H15Cl2N3O/c15-11-4-3-10(7-12(11)16)18-8-13(20)19-14(9-17)5-1-2-6-14/h3-4,7,18H,1-2,5-6,8H2,(H,19,20). The molecule has 6 heteroatoms. The highest BCUT2D eigenvalue weighted by molar-refractivity contribution is 6.42. The molecule has 1 aliphatic carbocycles. The second-order valence-corrected chi connectivity index (χ2v) is 5.75. The first-order chi connectivity index (χ1) is 9.54. The molecule has 0 radical (unpaired) electrons. The number of anilines is 1. The van der Waals surface area contributed by atoms with Crippen molar-refractivity contribution in [2.75, 3.05) is 11.9 Å². The summed E-state index contributed by atoms with van der Waals surface area (Å²) in [5, 5.41) is 15.9. The molecule has 1 aromatic carbocycles. The van der Waals surface area contributed by atoms with Gasteiger partial charge in [-0.1, -0.05) is 23.2 Å². The van der Waals surface area contributed by atoms with E-state index in [0.29, 0.717) is 15.7 Å². The Morgan fingerprint density at radius 2 is 2.00 bits per heavy atom. The fourth-order valence-electron chi connectivity index (χ4n) is 2.34. The number of amides is 1. The lowest BCUT2D eigenvalue weighted by Gasteiger charge is -2.22. The van der Waals surface area contributed by atoms with Crippen LogP contribution >= 0.6 is 23.2 Å². The summed E-state index contributed by atoms with van der Waals surface area (Å²) in [5.74, 6) is -0.195. The number of nitrogens with one attached hydrogen (secondary N) is 2. The second-order valence-electron chi connectivity index (χ2n) is 4.93. The van der Waals surface area contributed by atoms with Crippen molar-refractivity contribution < 1.29 is 4.79 Å². The van der Waals surface area contributed by atoms with Crippen molar-refractivity contribution in [1.82, 2.24) is 5.32 Å². The summed E-state index contributed by atoms with van der Waals surface area (Å²) in [5.41, 5.74) is 0.0307. The smallest absolute Gasteiger partial charge is 0.240 e. The number of hydrogen-bond donors (Lipinski definition) is 2. The third-order valence-corrected chi connectivity index (χ3v) is 4.16. The minimum atomic E-state index is -0.684. The predicted octanol–water partition coefficient (Wildman–Crippen LogP) is 3.36. The minimum absolute atomic E-state index is 0.0986. The Labute approximate surface area is 128 Å². The normalized spacial score (nSPS) is 16.4. The summed E-state index contributed by atoms with van der Waals surface area (Å²) in [6.45, 7) is 0.0986. The zero-order chi connectivity index (χ0) is 14.6. The van der Waals surface area contributed by atoms with Crippen LogP contribution in [0.3, 0.4) is 0 Å². The molecule has 0 bridgehead atoms. The van der Waals surface area contributed by atoms with E-state index in [0.717, 1.165) is 25.7 Å². The molecule has 0 spiro atoms. The van der Waals surface area contributed by atoms with Crippen molar-refractivity contribution in [3.8, 4) is 6.07 Å². The zero-order valence-electron chi connectivity index (χ0n) is 10.9. The molecule has 4 nitrogen and oxygen atoms in total.